The molecule has 78 valence electrons. The van der Waals surface area contributed by atoms with Crippen LogP contribution in [0.1, 0.15) is 34.6 Å². The van der Waals surface area contributed by atoms with E-state index in [9.17, 15) is 0 Å². The second kappa shape index (κ2) is 22.4. The number of nitrogens with one attached hydrogen (secondary N) is 1. The van der Waals surface area contributed by atoms with E-state index in [-0.39, 0.29) is 6.61 Å². The highest BCUT2D eigenvalue weighted by Crippen LogP contribution is 1.74. The quantitative estimate of drug-likeness (QED) is 0.603. The molecule has 1 atom stereocenters. The van der Waals surface area contributed by atoms with Crippen LogP contribution in [-0.4, -0.2) is 36.0 Å². The maximum atomic E-state index is 8.68. The summed E-state index contributed by atoms with van der Waals surface area (Å²) in [6.07, 6.45) is -0.602. The molecule has 3 heteroatoms. The lowest BCUT2D eigenvalue weighted by atomic mass is 10.4. The third-order valence-corrected chi connectivity index (χ3v) is 0.841. The highest BCUT2D eigenvalue weighted by Gasteiger charge is 1.96. The van der Waals surface area contributed by atoms with Crippen molar-refractivity contribution in [3.05, 3.63) is 0 Å². The fraction of sp³-hybridized carbons (Fsp3) is 1.00. The molecule has 0 aliphatic carbocycles. The molecule has 0 aromatic carbocycles. The number of likely N-dealkylation sites (N-methyl/N-ethyl adjacent to an activating group) is 1. The molecule has 0 aromatic heterocycles. The Kier molecular flexibility index (Phi) is 33.3. The van der Waals surface area contributed by atoms with E-state index in [4.69, 9.17) is 10.2 Å². The van der Waals surface area contributed by atoms with Crippen LogP contribution in [0.3, 0.4) is 0 Å². The molecule has 3 N–H and O–H groups in total. The predicted molar refractivity (Wildman–Crippen MR) is 54.3 cm³/mol. The second-order valence-electron chi connectivity index (χ2n) is 1.64. The first-order chi connectivity index (χ1) is 5.81. The van der Waals surface area contributed by atoms with E-state index < -0.39 is 6.10 Å². The Balaban J connectivity index is -0.000000175. The van der Waals surface area contributed by atoms with E-state index in [1.54, 1.807) is 0 Å². The molecule has 0 heterocycles. The molecule has 0 radical (unpaired) electrons. The maximum absolute atomic E-state index is 8.68. The number of aliphatic hydroxyl groups is 2. The minimum absolute atomic E-state index is 0.160. The molecule has 0 rings (SSSR count). The molecule has 0 bridgehead atoms. The molecule has 0 aliphatic rings. The third-order valence-electron chi connectivity index (χ3n) is 0.841. The van der Waals surface area contributed by atoms with Crippen molar-refractivity contribution in [2.45, 2.75) is 40.7 Å². The van der Waals surface area contributed by atoms with Crippen LogP contribution in [0.4, 0.5) is 0 Å². The largest absolute Gasteiger partial charge is 0.394 e. The summed E-state index contributed by atoms with van der Waals surface area (Å²) in [5, 5.41) is 19.8. The van der Waals surface area contributed by atoms with Gasteiger partial charge in [0.15, 0.2) is 0 Å². The van der Waals surface area contributed by atoms with E-state index in [1.807, 2.05) is 34.6 Å². The van der Waals surface area contributed by atoms with Crippen molar-refractivity contribution >= 4 is 0 Å². The Hall–Kier alpha value is -0.120. The molecule has 0 aliphatic heterocycles. The van der Waals surface area contributed by atoms with Crippen molar-refractivity contribution in [1.29, 1.82) is 0 Å². The van der Waals surface area contributed by atoms with Gasteiger partial charge in [-0.15, -0.1) is 0 Å². The predicted octanol–water partition coefficient (Wildman–Crippen LogP) is 1.00. The molecule has 12 heavy (non-hydrogen) atoms. The highest BCUT2D eigenvalue weighted by atomic mass is 16.3. The zero-order valence-electron chi connectivity index (χ0n) is 9.09. The standard InChI is InChI=1S/C5H13NO2.2C2H6/c1-2-6-3-5(8)4-7;2*1-2/h5-8H,2-4H2,1H3;2*1-2H3. The van der Waals surface area contributed by atoms with Crippen LogP contribution in [0.15, 0.2) is 0 Å². The van der Waals surface area contributed by atoms with E-state index >= 15 is 0 Å². The van der Waals surface area contributed by atoms with E-state index in [2.05, 4.69) is 5.32 Å². The van der Waals surface area contributed by atoms with Crippen LogP contribution < -0.4 is 5.32 Å². The van der Waals surface area contributed by atoms with Crippen molar-refractivity contribution in [3.63, 3.8) is 0 Å². The van der Waals surface area contributed by atoms with Crippen LogP contribution in [0.25, 0.3) is 0 Å². The molecule has 0 spiro atoms. The first-order valence-corrected chi connectivity index (χ1v) is 4.81. The highest BCUT2D eigenvalue weighted by molar-refractivity contribution is 4.54. The van der Waals surface area contributed by atoms with Crippen molar-refractivity contribution in [2.75, 3.05) is 19.7 Å². The molecule has 0 fully saturated rings. The summed E-state index contributed by atoms with van der Waals surface area (Å²) < 4.78 is 0. The normalized spacial score (nSPS) is 10.2. The molecule has 0 aromatic rings. The zero-order valence-corrected chi connectivity index (χ0v) is 9.09. The zero-order chi connectivity index (χ0) is 10.4. The molecule has 0 saturated heterocycles. The average molecular weight is 179 g/mol. The Morgan fingerprint density at radius 1 is 1.17 bits per heavy atom. The Labute approximate surface area is 76.8 Å². The van der Waals surface area contributed by atoms with Crippen LogP contribution in [0, 0.1) is 0 Å². The first-order valence-electron chi connectivity index (χ1n) is 4.81. The van der Waals surface area contributed by atoms with Gasteiger partial charge in [-0.25, -0.2) is 0 Å². The van der Waals surface area contributed by atoms with Gasteiger partial charge < -0.3 is 15.5 Å². The van der Waals surface area contributed by atoms with E-state index in [0.29, 0.717) is 6.54 Å². The summed E-state index contributed by atoms with van der Waals surface area (Å²) in [6.45, 7) is 11.1. The average Bonchev–Trinajstić information content (AvgIpc) is 2.20. The van der Waals surface area contributed by atoms with Crippen LogP contribution >= 0.6 is 0 Å². The van der Waals surface area contributed by atoms with Gasteiger partial charge in [-0.2, -0.15) is 0 Å². The van der Waals surface area contributed by atoms with Gasteiger partial charge in [0.05, 0.1) is 12.7 Å². The number of hydrogen-bond donors (Lipinski definition) is 3. The fourth-order valence-electron chi connectivity index (χ4n) is 0.375. The molecule has 1 unspecified atom stereocenters. The van der Waals surface area contributed by atoms with Crippen LogP contribution in [-0.2, 0) is 0 Å². The minimum atomic E-state index is -0.602. The van der Waals surface area contributed by atoms with Crippen LogP contribution in [0.2, 0.25) is 0 Å². The second-order valence-corrected chi connectivity index (χ2v) is 1.64. The molecule has 3 nitrogen and oxygen atoms in total. The van der Waals surface area contributed by atoms with Gasteiger partial charge in [0.1, 0.15) is 0 Å². The molecular weight excluding hydrogens is 154 g/mol. The summed E-state index contributed by atoms with van der Waals surface area (Å²) in [7, 11) is 0. The van der Waals surface area contributed by atoms with Gasteiger partial charge in [0.2, 0.25) is 0 Å². The number of hydrogen-bond acceptors (Lipinski definition) is 3. The van der Waals surface area contributed by atoms with Gasteiger partial charge in [-0.1, -0.05) is 34.6 Å². The fourth-order valence-corrected chi connectivity index (χ4v) is 0.375. The van der Waals surface area contributed by atoms with Gasteiger partial charge in [-0.05, 0) is 6.54 Å². The monoisotopic (exact) mass is 179 g/mol. The maximum Gasteiger partial charge on any atom is 0.0894 e. The lowest BCUT2D eigenvalue weighted by Crippen LogP contribution is -2.28. The summed E-state index contributed by atoms with van der Waals surface area (Å²) in [6, 6.07) is 0. The van der Waals surface area contributed by atoms with Gasteiger partial charge in [0.25, 0.3) is 0 Å². The number of rotatable bonds is 4. The van der Waals surface area contributed by atoms with Gasteiger partial charge in [0, 0.05) is 6.54 Å². The van der Waals surface area contributed by atoms with Crippen LogP contribution in [0.5, 0.6) is 0 Å². The van der Waals surface area contributed by atoms with E-state index in [1.165, 1.54) is 0 Å². The van der Waals surface area contributed by atoms with Crippen molar-refractivity contribution in [2.24, 2.45) is 0 Å². The Morgan fingerprint density at radius 2 is 1.58 bits per heavy atom. The van der Waals surface area contributed by atoms with Crippen molar-refractivity contribution in [3.8, 4) is 0 Å². The topological polar surface area (TPSA) is 52.5 Å². The van der Waals surface area contributed by atoms with Crippen molar-refractivity contribution in [1.82, 2.24) is 5.32 Å². The lowest BCUT2D eigenvalue weighted by Gasteiger charge is -2.05. The SMILES string of the molecule is CC.CC.CCNCC(O)CO. The lowest BCUT2D eigenvalue weighted by molar-refractivity contribution is 0.0949. The van der Waals surface area contributed by atoms with Gasteiger partial charge in [-0.3, -0.25) is 0 Å². The molecule has 0 saturated carbocycles. The minimum Gasteiger partial charge on any atom is -0.394 e. The Bertz CT molecular complexity index is 51.8. The molecule has 0 amide bonds. The summed E-state index contributed by atoms with van der Waals surface area (Å²) in [5.41, 5.74) is 0. The Morgan fingerprint density at radius 3 is 1.83 bits per heavy atom. The first kappa shape index (κ1) is 17.8. The van der Waals surface area contributed by atoms with Gasteiger partial charge >= 0.3 is 0 Å². The third kappa shape index (κ3) is 22.5. The molecular formula is C9H25NO2. The number of aliphatic hydroxyl groups excluding tert-OH is 2. The summed E-state index contributed by atoms with van der Waals surface area (Å²) >= 11 is 0. The smallest absolute Gasteiger partial charge is 0.0894 e. The van der Waals surface area contributed by atoms with E-state index in [0.717, 1.165) is 6.54 Å². The summed E-state index contributed by atoms with van der Waals surface area (Å²) in [4.78, 5) is 0. The summed E-state index contributed by atoms with van der Waals surface area (Å²) in [5.74, 6) is 0. The van der Waals surface area contributed by atoms with Crippen molar-refractivity contribution < 1.29 is 10.2 Å².